The van der Waals surface area contributed by atoms with Gasteiger partial charge in [0.25, 0.3) is 0 Å². The first kappa shape index (κ1) is 18.3. The maximum absolute atomic E-state index is 12.4. The lowest BCUT2D eigenvalue weighted by molar-refractivity contribution is -0.111. The van der Waals surface area contributed by atoms with Crippen molar-refractivity contribution in [3.05, 3.63) is 66.2 Å². The summed E-state index contributed by atoms with van der Waals surface area (Å²) >= 11 is 0. The Labute approximate surface area is 158 Å². The summed E-state index contributed by atoms with van der Waals surface area (Å²) < 4.78 is 16.0. The van der Waals surface area contributed by atoms with Gasteiger partial charge in [-0.05, 0) is 23.6 Å². The van der Waals surface area contributed by atoms with Gasteiger partial charge < -0.3 is 19.5 Å². The second-order valence-corrected chi connectivity index (χ2v) is 5.80. The minimum Gasteiger partial charge on any atom is -0.496 e. The van der Waals surface area contributed by atoms with Crippen LogP contribution in [0.3, 0.4) is 0 Å². The minimum atomic E-state index is -0.233. The van der Waals surface area contributed by atoms with Crippen LogP contribution in [0, 0.1) is 0 Å². The molecule has 0 saturated heterocycles. The van der Waals surface area contributed by atoms with Gasteiger partial charge in [-0.3, -0.25) is 4.79 Å². The van der Waals surface area contributed by atoms with Gasteiger partial charge in [-0.25, -0.2) is 0 Å². The van der Waals surface area contributed by atoms with E-state index < -0.39 is 0 Å². The standard InChI is InChI=1S/C22H21NO4/c1-25-19-14-21(27-3)20(26-2)13-16(19)11-12-22(24)23-18-10-6-8-15-7-4-5-9-17(15)18/h4-14H,1-3H3,(H,23,24)/b12-11+. The van der Waals surface area contributed by atoms with E-state index in [0.29, 0.717) is 22.8 Å². The Hall–Kier alpha value is -3.47. The zero-order valence-electron chi connectivity index (χ0n) is 15.5. The molecule has 3 aromatic carbocycles. The van der Waals surface area contributed by atoms with Gasteiger partial charge in [-0.2, -0.15) is 0 Å². The second-order valence-electron chi connectivity index (χ2n) is 5.80. The fourth-order valence-corrected chi connectivity index (χ4v) is 2.86. The third-order valence-electron chi connectivity index (χ3n) is 4.20. The average molecular weight is 363 g/mol. The maximum Gasteiger partial charge on any atom is 0.248 e. The molecule has 0 aliphatic carbocycles. The Balaban J connectivity index is 1.84. The first-order valence-corrected chi connectivity index (χ1v) is 8.43. The summed E-state index contributed by atoms with van der Waals surface area (Å²) in [5.74, 6) is 1.48. The van der Waals surface area contributed by atoms with E-state index in [1.807, 2.05) is 42.5 Å². The number of nitrogens with one attached hydrogen (secondary N) is 1. The molecule has 1 amide bonds. The van der Waals surface area contributed by atoms with Crippen molar-refractivity contribution in [2.45, 2.75) is 0 Å². The number of ether oxygens (including phenoxy) is 3. The topological polar surface area (TPSA) is 56.8 Å². The van der Waals surface area contributed by atoms with Gasteiger partial charge in [0.15, 0.2) is 11.5 Å². The second kappa shape index (κ2) is 8.27. The molecule has 1 N–H and O–H groups in total. The van der Waals surface area contributed by atoms with E-state index in [9.17, 15) is 4.79 Å². The van der Waals surface area contributed by atoms with E-state index in [2.05, 4.69) is 5.32 Å². The molecule has 3 aromatic rings. The largest absolute Gasteiger partial charge is 0.496 e. The smallest absolute Gasteiger partial charge is 0.248 e. The molecule has 0 aliphatic rings. The molecule has 138 valence electrons. The van der Waals surface area contributed by atoms with Crippen molar-refractivity contribution < 1.29 is 19.0 Å². The highest BCUT2D eigenvalue weighted by molar-refractivity contribution is 6.07. The molecular formula is C22H21NO4. The van der Waals surface area contributed by atoms with Crippen LogP contribution in [0.4, 0.5) is 5.69 Å². The normalized spacial score (nSPS) is 10.8. The van der Waals surface area contributed by atoms with Crippen molar-refractivity contribution in [2.24, 2.45) is 0 Å². The average Bonchev–Trinajstić information content (AvgIpc) is 2.71. The number of rotatable bonds is 6. The van der Waals surface area contributed by atoms with Crippen LogP contribution in [0.5, 0.6) is 17.2 Å². The quantitative estimate of drug-likeness (QED) is 0.654. The summed E-state index contributed by atoms with van der Waals surface area (Å²) in [4.78, 5) is 12.4. The van der Waals surface area contributed by atoms with Crippen molar-refractivity contribution in [1.82, 2.24) is 0 Å². The molecule has 0 unspecified atom stereocenters. The van der Waals surface area contributed by atoms with Crippen LogP contribution in [0.15, 0.2) is 60.7 Å². The molecule has 5 heteroatoms. The zero-order chi connectivity index (χ0) is 19.2. The lowest BCUT2D eigenvalue weighted by atomic mass is 10.1. The zero-order valence-corrected chi connectivity index (χ0v) is 15.5. The third kappa shape index (κ3) is 4.03. The Kier molecular flexibility index (Phi) is 5.61. The molecule has 0 heterocycles. The fraction of sp³-hybridized carbons (Fsp3) is 0.136. The Bertz CT molecular complexity index is 990. The monoisotopic (exact) mass is 363 g/mol. The SMILES string of the molecule is COc1cc(OC)c(OC)cc1/C=C/C(=O)Nc1cccc2ccccc12. The number of carbonyl (C=O) groups excluding carboxylic acids is 1. The van der Waals surface area contributed by atoms with E-state index >= 15 is 0 Å². The number of hydrogen-bond donors (Lipinski definition) is 1. The van der Waals surface area contributed by atoms with Crippen molar-refractivity contribution in [2.75, 3.05) is 26.6 Å². The number of anilines is 1. The van der Waals surface area contributed by atoms with E-state index in [4.69, 9.17) is 14.2 Å². The van der Waals surface area contributed by atoms with Gasteiger partial charge in [-0.1, -0.05) is 36.4 Å². The lowest BCUT2D eigenvalue weighted by Crippen LogP contribution is -2.08. The number of fused-ring (bicyclic) bond motifs is 1. The summed E-state index contributed by atoms with van der Waals surface area (Å²) in [5, 5.41) is 4.98. The van der Waals surface area contributed by atoms with Gasteiger partial charge in [0.2, 0.25) is 5.91 Å². The lowest BCUT2D eigenvalue weighted by Gasteiger charge is -2.12. The number of methoxy groups -OCH3 is 3. The molecule has 0 radical (unpaired) electrons. The van der Waals surface area contributed by atoms with Crippen molar-refractivity contribution in [3.8, 4) is 17.2 Å². The van der Waals surface area contributed by atoms with Gasteiger partial charge >= 0.3 is 0 Å². The first-order chi connectivity index (χ1) is 13.2. The van der Waals surface area contributed by atoms with Crippen LogP contribution < -0.4 is 19.5 Å². The molecule has 0 atom stereocenters. The van der Waals surface area contributed by atoms with Crippen molar-refractivity contribution in [3.63, 3.8) is 0 Å². The number of hydrogen-bond acceptors (Lipinski definition) is 4. The van der Waals surface area contributed by atoms with Gasteiger partial charge in [0, 0.05) is 28.8 Å². The first-order valence-electron chi connectivity index (χ1n) is 8.43. The van der Waals surface area contributed by atoms with Gasteiger partial charge in [0.05, 0.1) is 21.3 Å². The number of amides is 1. The number of carbonyl (C=O) groups is 1. The minimum absolute atomic E-state index is 0.233. The van der Waals surface area contributed by atoms with E-state index in [1.165, 1.54) is 6.08 Å². The Morgan fingerprint density at radius 3 is 2.26 bits per heavy atom. The fourth-order valence-electron chi connectivity index (χ4n) is 2.86. The maximum atomic E-state index is 12.4. The predicted octanol–water partition coefficient (Wildman–Crippen LogP) is 4.52. The van der Waals surface area contributed by atoms with Crippen LogP contribution in [0.25, 0.3) is 16.8 Å². The Morgan fingerprint density at radius 2 is 1.52 bits per heavy atom. The summed E-state index contributed by atoms with van der Waals surface area (Å²) in [7, 11) is 4.68. The van der Waals surface area contributed by atoms with Crippen molar-refractivity contribution in [1.29, 1.82) is 0 Å². The van der Waals surface area contributed by atoms with E-state index in [0.717, 1.165) is 16.5 Å². The Morgan fingerprint density at radius 1 is 0.852 bits per heavy atom. The third-order valence-corrected chi connectivity index (χ3v) is 4.20. The summed E-state index contributed by atoms with van der Waals surface area (Å²) in [6.07, 6.45) is 3.15. The van der Waals surface area contributed by atoms with Crippen molar-refractivity contribution >= 4 is 28.4 Å². The molecule has 0 aliphatic heterocycles. The molecule has 0 fully saturated rings. The van der Waals surface area contributed by atoms with Crippen LogP contribution in [0.1, 0.15) is 5.56 Å². The van der Waals surface area contributed by atoms with Crippen LogP contribution >= 0.6 is 0 Å². The molecule has 27 heavy (non-hydrogen) atoms. The molecule has 0 saturated carbocycles. The van der Waals surface area contributed by atoms with Crippen LogP contribution in [-0.4, -0.2) is 27.2 Å². The highest BCUT2D eigenvalue weighted by Crippen LogP contribution is 2.35. The van der Waals surface area contributed by atoms with Gasteiger partial charge in [0.1, 0.15) is 5.75 Å². The predicted molar refractivity (Wildman–Crippen MR) is 108 cm³/mol. The van der Waals surface area contributed by atoms with Crippen LogP contribution in [-0.2, 0) is 4.79 Å². The molecule has 5 nitrogen and oxygen atoms in total. The molecule has 0 aromatic heterocycles. The molecule has 0 bridgehead atoms. The molecule has 3 rings (SSSR count). The van der Waals surface area contributed by atoms with E-state index in [1.54, 1.807) is 39.5 Å². The molecule has 0 spiro atoms. The summed E-state index contributed by atoms with van der Waals surface area (Å²) in [5.41, 5.74) is 1.48. The highest BCUT2D eigenvalue weighted by atomic mass is 16.5. The van der Waals surface area contributed by atoms with Crippen LogP contribution in [0.2, 0.25) is 0 Å². The van der Waals surface area contributed by atoms with E-state index in [-0.39, 0.29) is 5.91 Å². The van der Waals surface area contributed by atoms with Gasteiger partial charge in [-0.15, -0.1) is 0 Å². The number of benzene rings is 3. The summed E-state index contributed by atoms with van der Waals surface area (Å²) in [6.45, 7) is 0. The molecular weight excluding hydrogens is 342 g/mol. The summed E-state index contributed by atoms with van der Waals surface area (Å²) in [6, 6.07) is 17.2. The highest BCUT2D eigenvalue weighted by Gasteiger charge is 2.10.